The van der Waals surface area contributed by atoms with Crippen LogP contribution in [0.2, 0.25) is 0 Å². The van der Waals surface area contributed by atoms with Gasteiger partial charge in [-0.2, -0.15) is 0 Å². The van der Waals surface area contributed by atoms with Gasteiger partial charge in [-0.25, -0.2) is 0 Å². The summed E-state index contributed by atoms with van der Waals surface area (Å²) >= 11 is 0. The van der Waals surface area contributed by atoms with Crippen molar-refractivity contribution in [1.82, 2.24) is 16.0 Å². The quantitative estimate of drug-likeness (QED) is 0.245. The fraction of sp³-hybridized carbons (Fsp3) is 0.529. The van der Waals surface area contributed by atoms with Crippen LogP contribution >= 0.6 is 24.0 Å². The fourth-order valence-corrected chi connectivity index (χ4v) is 1.95. The molecule has 1 aromatic rings. The Labute approximate surface area is 161 Å². The van der Waals surface area contributed by atoms with Crippen LogP contribution in [0, 0.1) is 5.41 Å². The molecule has 0 heterocycles. The van der Waals surface area contributed by atoms with Crippen LogP contribution in [0.4, 0.5) is 0 Å². The summed E-state index contributed by atoms with van der Waals surface area (Å²) in [4.78, 5) is 15.9. The Morgan fingerprint density at radius 1 is 1.21 bits per heavy atom. The number of benzene rings is 1. The maximum atomic E-state index is 11.7. The molecule has 0 aromatic heterocycles. The standard InChI is InChI=1S/C17H28N4O2.HI/c1-17(2,15(22)18-3)13-21-16(19-4)20-10-11-23-12-14-8-6-5-7-9-14;/h5-9H,10-13H2,1-4H3,(H,18,22)(H2,19,20,21);1H. The summed E-state index contributed by atoms with van der Waals surface area (Å²) in [6.45, 7) is 6.08. The molecule has 0 bridgehead atoms. The van der Waals surface area contributed by atoms with Gasteiger partial charge in [0.1, 0.15) is 0 Å². The van der Waals surface area contributed by atoms with E-state index in [9.17, 15) is 4.79 Å². The van der Waals surface area contributed by atoms with Crippen molar-refractivity contribution in [3.05, 3.63) is 35.9 Å². The molecule has 7 heteroatoms. The Bertz CT molecular complexity index is 507. The van der Waals surface area contributed by atoms with Gasteiger partial charge in [0.05, 0.1) is 18.6 Å². The van der Waals surface area contributed by atoms with E-state index in [4.69, 9.17) is 4.74 Å². The number of nitrogens with zero attached hydrogens (tertiary/aromatic N) is 1. The normalized spacial score (nSPS) is 11.4. The molecule has 6 nitrogen and oxygen atoms in total. The second-order valence-corrected chi connectivity index (χ2v) is 5.85. The van der Waals surface area contributed by atoms with Gasteiger partial charge in [-0.15, -0.1) is 24.0 Å². The summed E-state index contributed by atoms with van der Waals surface area (Å²) in [6, 6.07) is 10.1. The zero-order valence-electron chi connectivity index (χ0n) is 14.9. The first-order valence-corrected chi connectivity index (χ1v) is 7.78. The van der Waals surface area contributed by atoms with Crippen LogP contribution < -0.4 is 16.0 Å². The maximum absolute atomic E-state index is 11.7. The molecule has 0 aliphatic heterocycles. The highest BCUT2D eigenvalue weighted by Gasteiger charge is 2.26. The van der Waals surface area contributed by atoms with Crippen molar-refractivity contribution in [1.29, 1.82) is 0 Å². The number of nitrogens with one attached hydrogen (secondary N) is 3. The van der Waals surface area contributed by atoms with Crippen LogP contribution in [-0.4, -0.2) is 45.7 Å². The van der Waals surface area contributed by atoms with Crippen molar-refractivity contribution < 1.29 is 9.53 Å². The summed E-state index contributed by atoms with van der Waals surface area (Å²) < 4.78 is 5.61. The van der Waals surface area contributed by atoms with Gasteiger partial charge in [0, 0.05) is 27.2 Å². The van der Waals surface area contributed by atoms with Crippen molar-refractivity contribution in [2.75, 3.05) is 33.8 Å². The Hall–Kier alpha value is -1.35. The first-order valence-electron chi connectivity index (χ1n) is 7.78. The van der Waals surface area contributed by atoms with Crippen LogP contribution in [-0.2, 0) is 16.1 Å². The molecule has 3 N–H and O–H groups in total. The number of amides is 1. The van der Waals surface area contributed by atoms with E-state index in [-0.39, 0.29) is 29.9 Å². The summed E-state index contributed by atoms with van der Waals surface area (Å²) in [5, 5.41) is 8.99. The number of aliphatic imine (C=N–C) groups is 1. The SMILES string of the molecule is CN=C(NCCOCc1ccccc1)NCC(C)(C)C(=O)NC.I. The minimum atomic E-state index is -0.504. The van der Waals surface area contributed by atoms with Gasteiger partial charge in [0.15, 0.2) is 5.96 Å². The van der Waals surface area contributed by atoms with Crippen LogP contribution in [0.5, 0.6) is 0 Å². The van der Waals surface area contributed by atoms with Gasteiger partial charge in [-0.3, -0.25) is 9.79 Å². The number of carbonyl (C=O) groups is 1. The number of ether oxygens (including phenoxy) is 1. The van der Waals surface area contributed by atoms with Gasteiger partial charge >= 0.3 is 0 Å². The van der Waals surface area contributed by atoms with Crippen LogP contribution in [0.3, 0.4) is 0 Å². The van der Waals surface area contributed by atoms with Gasteiger partial charge in [-0.05, 0) is 19.4 Å². The van der Waals surface area contributed by atoms with E-state index in [2.05, 4.69) is 20.9 Å². The van der Waals surface area contributed by atoms with Crippen molar-refractivity contribution in [2.45, 2.75) is 20.5 Å². The number of hydrogen-bond acceptors (Lipinski definition) is 3. The molecule has 0 aliphatic rings. The number of rotatable bonds is 8. The number of guanidine groups is 1. The lowest BCUT2D eigenvalue weighted by atomic mass is 9.92. The fourth-order valence-electron chi connectivity index (χ4n) is 1.95. The number of halogens is 1. The van der Waals surface area contributed by atoms with Crippen molar-refractivity contribution in [2.24, 2.45) is 10.4 Å². The van der Waals surface area contributed by atoms with Crippen LogP contribution in [0.1, 0.15) is 19.4 Å². The highest BCUT2D eigenvalue weighted by Crippen LogP contribution is 2.12. The predicted molar refractivity (Wildman–Crippen MR) is 109 cm³/mol. The Balaban J connectivity index is 0.00000529. The largest absolute Gasteiger partial charge is 0.375 e. The van der Waals surface area contributed by atoms with Gasteiger partial charge in [0.25, 0.3) is 0 Å². The first kappa shape index (κ1) is 22.6. The molecule has 1 aromatic carbocycles. The van der Waals surface area contributed by atoms with E-state index in [0.29, 0.717) is 32.3 Å². The molecule has 0 fully saturated rings. The molecule has 1 amide bonds. The molecule has 0 saturated heterocycles. The lowest BCUT2D eigenvalue weighted by Crippen LogP contribution is -2.47. The highest BCUT2D eigenvalue weighted by molar-refractivity contribution is 14.0. The Kier molecular flexibility index (Phi) is 11.4. The average molecular weight is 448 g/mol. The topological polar surface area (TPSA) is 74.8 Å². The Morgan fingerprint density at radius 2 is 1.88 bits per heavy atom. The lowest BCUT2D eigenvalue weighted by Gasteiger charge is -2.24. The van der Waals surface area contributed by atoms with E-state index in [1.807, 2.05) is 44.2 Å². The molecular formula is C17H29IN4O2. The molecule has 0 spiro atoms. The molecule has 0 unspecified atom stereocenters. The maximum Gasteiger partial charge on any atom is 0.227 e. The van der Waals surface area contributed by atoms with E-state index >= 15 is 0 Å². The zero-order valence-corrected chi connectivity index (χ0v) is 17.2. The smallest absolute Gasteiger partial charge is 0.227 e. The summed E-state index contributed by atoms with van der Waals surface area (Å²) in [5.74, 6) is 0.650. The first-order chi connectivity index (χ1) is 11.0. The molecule has 0 saturated carbocycles. The van der Waals surface area contributed by atoms with Gasteiger partial charge in [0.2, 0.25) is 5.91 Å². The average Bonchev–Trinajstić information content (AvgIpc) is 2.57. The third kappa shape index (κ3) is 8.49. The number of carbonyl (C=O) groups excluding carboxylic acids is 1. The van der Waals surface area contributed by atoms with E-state index < -0.39 is 5.41 Å². The highest BCUT2D eigenvalue weighted by atomic mass is 127. The van der Waals surface area contributed by atoms with Crippen LogP contribution in [0.15, 0.2) is 35.3 Å². The summed E-state index contributed by atoms with van der Waals surface area (Å²) in [6.07, 6.45) is 0. The molecule has 0 atom stereocenters. The molecule has 1 rings (SSSR count). The molecule has 24 heavy (non-hydrogen) atoms. The minimum absolute atomic E-state index is 0. The second kappa shape index (κ2) is 12.1. The second-order valence-electron chi connectivity index (χ2n) is 5.85. The van der Waals surface area contributed by atoms with E-state index in [1.165, 1.54) is 0 Å². The summed E-state index contributed by atoms with van der Waals surface area (Å²) in [5.41, 5.74) is 0.651. The lowest BCUT2D eigenvalue weighted by molar-refractivity contribution is -0.128. The molecule has 136 valence electrons. The molecule has 0 aliphatic carbocycles. The van der Waals surface area contributed by atoms with E-state index in [1.54, 1.807) is 14.1 Å². The van der Waals surface area contributed by atoms with Crippen molar-refractivity contribution in [3.63, 3.8) is 0 Å². The Morgan fingerprint density at radius 3 is 2.46 bits per heavy atom. The van der Waals surface area contributed by atoms with Crippen molar-refractivity contribution >= 4 is 35.8 Å². The van der Waals surface area contributed by atoms with E-state index in [0.717, 1.165) is 5.56 Å². The van der Waals surface area contributed by atoms with Crippen LogP contribution in [0.25, 0.3) is 0 Å². The summed E-state index contributed by atoms with van der Waals surface area (Å²) in [7, 11) is 3.34. The monoisotopic (exact) mass is 448 g/mol. The molecular weight excluding hydrogens is 419 g/mol. The number of hydrogen-bond donors (Lipinski definition) is 3. The zero-order chi connectivity index (χ0) is 17.1. The molecule has 0 radical (unpaired) electrons. The predicted octanol–water partition coefficient (Wildman–Crippen LogP) is 1.76. The van der Waals surface area contributed by atoms with Gasteiger partial charge in [-0.1, -0.05) is 30.3 Å². The third-order valence-corrected chi connectivity index (χ3v) is 3.41. The third-order valence-electron chi connectivity index (χ3n) is 3.41. The van der Waals surface area contributed by atoms with Gasteiger partial charge < -0.3 is 20.7 Å². The van der Waals surface area contributed by atoms with Crippen molar-refractivity contribution in [3.8, 4) is 0 Å². The minimum Gasteiger partial charge on any atom is -0.375 e.